The maximum absolute atomic E-state index is 14.6. The number of carbonyl (C=O) groups is 1. The first kappa shape index (κ1) is 19.5. The molecule has 0 saturated heterocycles. The topological polar surface area (TPSA) is 97.4 Å². The SMILES string of the molecule is CN1C(=O)C(c2cncc(C(F)F)c2)(c2ccc(F)c(-c3ccnnc3)c2)N=C1N. The third kappa shape index (κ3) is 2.97. The summed E-state index contributed by atoms with van der Waals surface area (Å²) in [6.45, 7) is 0. The van der Waals surface area contributed by atoms with Gasteiger partial charge >= 0.3 is 0 Å². The minimum Gasteiger partial charge on any atom is -0.369 e. The number of nitrogens with zero attached hydrogens (tertiary/aromatic N) is 5. The van der Waals surface area contributed by atoms with Crippen LogP contribution in [0, 0.1) is 5.82 Å². The molecule has 1 aromatic carbocycles. The van der Waals surface area contributed by atoms with E-state index in [2.05, 4.69) is 20.2 Å². The van der Waals surface area contributed by atoms with Crippen LogP contribution in [0.4, 0.5) is 13.2 Å². The number of aliphatic imine (C=N–C) groups is 1. The molecule has 0 spiro atoms. The Balaban J connectivity index is 1.98. The van der Waals surface area contributed by atoms with Gasteiger partial charge in [0.2, 0.25) is 0 Å². The fraction of sp³-hybridized carbons (Fsp3) is 0.150. The van der Waals surface area contributed by atoms with Crippen molar-refractivity contribution in [1.82, 2.24) is 20.1 Å². The predicted octanol–water partition coefficient (Wildman–Crippen LogP) is 2.65. The lowest BCUT2D eigenvalue weighted by molar-refractivity contribution is -0.129. The van der Waals surface area contributed by atoms with Crippen molar-refractivity contribution in [2.24, 2.45) is 10.7 Å². The second kappa shape index (κ2) is 7.21. The van der Waals surface area contributed by atoms with E-state index in [1.54, 1.807) is 6.07 Å². The van der Waals surface area contributed by atoms with E-state index in [-0.39, 0.29) is 28.2 Å². The molecule has 2 aromatic heterocycles. The number of hydrogen-bond donors (Lipinski definition) is 1. The minimum atomic E-state index is -2.79. The summed E-state index contributed by atoms with van der Waals surface area (Å²) in [5.41, 5.74) is 4.67. The number of aromatic nitrogens is 3. The Morgan fingerprint density at radius 3 is 2.50 bits per heavy atom. The molecule has 1 unspecified atom stereocenters. The van der Waals surface area contributed by atoms with E-state index in [0.29, 0.717) is 5.56 Å². The molecule has 2 N–H and O–H groups in total. The van der Waals surface area contributed by atoms with Gasteiger partial charge in [-0.2, -0.15) is 10.2 Å². The molecule has 4 rings (SSSR count). The zero-order valence-electron chi connectivity index (χ0n) is 15.6. The summed E-state index contributed by atoms with van der Waals surface area (Å²) in [4.78, 5) is 22.5. The molecule has 0 saturated carbocycles. The monoisotopic (exact) mass is 412 g/mol. The van der Waals surface area contributed by atoms with Crippen LogP contribution < -0.4 is 5.73 Å². The first-order chi connectivity index (χ1) is 14.3. The van der Waals surface area contributed by atoms with Gasteiger partial charge < -0.3 is 5.73 Å². The molecule has 0 bridgehead atoms. The van der Waals surface area contributed by atoms with Crippen LogP contribution in [0.2, 0.25) is 0 Å². The molecule has 1 aliphatic heterocycles. The quantitative estimate of drug-likeness (QED) is 0.711. The highest BCUT2D eigenvalue weighted by Gasteiger charge is 2.50. The van der Waals surface area contributed by atoms with Crippen LogP contribution in [0.5, 0.6) is 0 Å². The molecule has 0 radical (unpaired) electrons. The van der Waals surface area contributed by atoms with Crippen molar-refractivity contribution in [3.63, 3.8) is 0 Å². The number of guanidine groups is 1. The van der Waals surface area contributed by atoms with Gasteiger partial charge in [-0.05, 0) is 29.8 Å². The number of hydrogen-bond acceptors (Lipinski definition) is 6. The average molecular weight is 412 g/mol. The molecule has 1 atom stereocenters. The zero-order chi connectivity index (χ0) is 21.5. The zero-order valence-corrected chi connectivity index (χ0v) is 15.6. The van der Waals surface area contributed by atoms with Crippen LogP contribution in [0.25, 0.3) is 11.1 Å². The molecule has 7 nitrogen and oxygen atoms in total. The van der Waals surface area contributed by atoms with Crippen molar-refractivity contribution in [2.75, 3.05) is 7.05 Å². The molecule has 10 heteroatoms. The molecular formula is C20H15F3N6O. The molecule has 0 aliphatic carbocycles. The summed E-state index contributed by atoms with van der Waals surface area (Å²) >= 11 is 0. The largest absolute Gasteiger partial charge is 0.369 e. The maximum atomic E-state index is 14.6. The summed E-state index contributed by atoms with van der Waals surface area (Å²) in [5, 5.41) is 7.41. The van der Waals surface area contributed by atoms with E-state index < -0.39 is 23.7 Å². The van der Waals surface area contributed by atoms with Crippen LogP contribution in [0.3, 0.4) is 0 Å². The first-order valence-corrected chi connectivity index (χ1v) is 8.78. The second-order valence-corrected chi connectivity index (χ2v) is 6.68. The van der Waals surface area contributed by atoms with E-state index in [1.165, 1.54) is 43.8 Å². The number of nitrogens with two attached hydrogens (primary N) is 1. The molecule has 3 aromatic rings. The Bertz CT molecular complexity index is 1150. The van der Waals surface area contributed by atoms with E-state index in [0.717, 1.165) is 17.2 Å². The fourth-order valence-corrected chi connectivity index (χ4v) is 3.38. The molecular weight excluding hydrogens is 397 g/mol. The summed E-state index contributed by atoms with van der Waals surface area (Å²) in [6.07, 6.45) is 2.26. The smallest absolute Gasteiger partial charge is 0.266 e. The summed E-state index contributed by atoms with van der Waals surface area (Å²) in [5.74, 6) is -1.23. The lowest BCUT2D eigenvalue weighted by Crippen LogP contribution is -2.41. The van der Waals surface area contributed by atoms with E-state index >= 15 is 0 Å². The highest BCUT2D eigenvalue weighted by Crippen LogP contribution is 2.41. The molecule has 3 heterocycles. The van der Waals surface area contributed by atoms with Crippen molar-refractivity contribution < 1.29 is 18.0 Å². The van der Waals surface area contributed by atoms with Crippen LogP contribution in [0.15, 0.2) is 60.1 Å². The average Bonchev–Trinajstić information content (AvgIpc) is 2.99. The summed E-state index contributed by atoms with van der Waals surface area (Å²) in [7, 11) is 1.42. The third-order valence-electron chi connectivity index (χ3n) is 4.95. The van der Waals surface area contributed by atoms with E-state index in [9.17, 15) is 18.0 Å². The van der Waals surface area contributed by atoms with Gasteiger partial charge in [0.25, 0.3) is 12.3 Å². The summed E-state index contributed by atoms with van der Waals surface area (Å²) in [6, 6.07) is 6.68. The molecule has 0 fully saturated rings. The van der Waals surface area contributed by atoms with Gasteiger partial charge in [-0.3, -0.25) is 14.7 Å². The van der Waals surface area contributed by atoms with Crippen molar-refractivity contribution >= 4 is 11.9 Å². The standard InChI is InChI=1S/C20H15F3N6O/c1-29-18(30)20(28-19(29)24,14-6-12(17(22)23)8-25-10-14)13-2-3-16(21)15(7-13)11-4-5-26-27-9-11/h2-10,17H,1H3,(H2,24,28). The summed E-state index contributed by atoms with van der Waals surface area (Å²) < 4.78 is 41.2. The molecule has 30 heavy (non-hydrogen) atoms. The van der Waals surface area contributed by atoms with Gasteiger partial charge in [-0.1, -0.05) is 6.07 Å². The highest BCUT2D eigenvalue weighted by atomic mass is 19.3. The number of alkyl halides is 2. The van der Waals surface area contributed by atoms with Crippen LogP contribution in [-0.4, -0.2) is 39.0 Å². The Kier molecular flexibility index (Phi) is 4.69. The Labute approximate surface area is 169 Å². The van der Waals surface area contributed by atoms with Gasteiger partial charge in [0.15, 0.2) is 11.5 Å². The highest BCUT2D eigenvalue weighted by molar-refractivity contribution is 6.09. The van der Waals surface area contributed by atoms with Gasteiger partial charge in [-0.25, -0.2) is 18.2 Å². The van der Waals surface area contributed by atoms with Gasteiger partial charge in [-0.15, -0.1) is 0 Å². The van der Waals surface area contributed by atoms with Crippen LogP contribution >= 0.6 is 0 Å². The molecule has 152 valence electrons. The van der Waals surface area contributed by atoms with Gasteiger partial charge in [0, 0.05) is 41.7 Å². The van der Waals surface area contributed by atoms with Crippen LogP contribution in [-0.2, 0) is 10.3 Å². The van der Waals surface area contributed by atoms with Gasteiger partial charge in [0.05, 0.1) is 12.4 Å². The number of rotatable bonds is 4. The van der Waals surface area contributed by atoms with Gasteiger partial charge in [0.1, 0.15) is 5.82 Å². The number of amides is 1. The van der Waals surface area contributed by atoms with E-state index in [1.807, 2.05) is 0 Å². The van der Waals surface area contributed by atoms with Crippen molar-refractivity contribution in [2.45, 2.75) is 12.0 Å². The van der Waals surface area contributed by atoms with E-state index in [4.69, 9.17) is 5.73 Å². The van der Waals surface area contributed by atoms with Crippen molar-refractivity contribution in [3.05, 3.63) is 77.6 Å². The predicted molar refractivity (Wildman–Crippen MR) is 102 cm³/mol. The Morgan fingerprint density at radius 2 is 1.87 bits per heavy atom. The van der Waals surface area contributed by atoms with Crippen LogP contribution in [0.1, 0.15) is 23.1 Å². The third-order valence-corrected chi connectivity index (χ3v) is 4.95. The lowest BCUT2D eigenvalue weighted by atomic mass is 9.82. The minimum absolute atomic E-state index is 0.0982. The number of benzene rings is 1. The normalized spacial score (nSPS) is 18.8. The Hall–Kier alpha value is -3.82. The van der Waals surface area contributed by atoms with Crippen molar-refractivity contribution in [3.8, 4) is 11.1 Å². The van der Waals surface area contributed by atoms with Crippen molar-refractivity contribution in [1.29, 1.82) is 0 Å². The number of pyridine rings is 1. The first-order valence-electron chi connectivity index (χ1n) is 8.78. The number of likely N-dealkylation sites (N-methyl/N-ethyl adjacent to an activating group) is 1. The maximum Gasteiger partial charge on any atom is 0.266 e. The molecule has 1 amide bonds. The lowest BCUT2D eigenvalue weighted by Gasteiger charge is -2.26. The molecule has 1 aliphatic rings. The Morgan fingerprint density at radius 1 is 1.07 bits per heavy atom. The number of carbonyl (C=O) groups excluding carboxylic acids is 1. The second-order valence-electron chi connectivity index (χ2n) is 6.68. The fourth-order valence-electron chi connectivity index (χ4n) is 3.38. The number of halogens is 3.